The molecule has 0 atom stereocenters. The number of Topliss-reactive ketones (excluding diaryl/α,β-unsaturated/α-hetero) is 1. The minimum Gasteiger partial charge on any atom is -0.489 e. The Bertz CT molecular complexity index is 564. The third-order valence-corrected chi connectivity index (χ3v) is 3.38. The van der Waals surface area contributed by atoms with Gasteiger partial charge >= 0.3 is 0 Å². The van der Waals surface area contributed by atoms with Gasteiger partial charge in [0.15, 0.2) is 5.78 Å². The lowest BCUT2D eigenvalue weighted by Gasteiger charge is -2.09. The second kappa shape index (κ2) is 6.53. The highest BCUT2D eigenvalue weighted by Crippen LogP contribution is 2.19. The van der Waals surface area contributed by atoms with Crippen molar-refractivity contribution < 1.29 is 9.53 Å². The van der Waals surface area contributed by atoms with Crippen molar-refractivity contribution in [1.82, 2.24) is 0 Å². The first kappa shape index (κ1) is 13.8. The van der Waals surface area contributed by atoms with Crippen molar-refractivity contribution in [2.75, 3.05) is 5.33 Å². The average molecular weight is 319 g/mol. The van der Waals surface area contributed by atoms with Gasteiger partial charge in [0.1, 0.15) is 12.4 Å². The summed E-state index contributed by atoms with van der Waals surface area (Å²) in [4.78, 5) is 11.6. The zero-order valence-electron chi connectivity index (χ0n) is 10.7. The summed E-state index contributed by atoms with van der Waals surface area (Å²) >= 11 is 3.18. The predicted molar refractivity (Wildman–Crippen MR) is 80.1 cm³/mol. The van der Waals surface area contributed by atoms with Gasteiger partial charge in [-0.25, -0.2) is 0 Å². The normalized spacial score (nSPS) is 10.2. The van der Waals surface area contributed by atoms with Crippen molar-refractivity contribution >= 4 is 21.7 Å². The zero-order chi connectivity index (χ0) is 13.7. The number of ether oxygens (including phenoxy) is 1. The van der Waals surface area contributed by atoms with Gasteiger partial charge in [0.2, 0.25) is 0 Å². The molecular formula is C16H15BrO2. The molecule has 0 spiro atoms. The molecule has 0 aliphatic heterocycles. The molecule has 0 aliphatic rings. The van der Waals surface area contributed by atoms with Crippen LogP contribution in [0.3, 0.4) is 0 Å². The third kappa shape index (κ3) is 3.67. The molecule has 0 amide bonds. The van der Waals surface area contributed by atoms with Gasteiger partial charge in [-0.3, -0.25) is 4.79 Å². The summed E-state index contributed by atoms with van der Waals surface area (Å²) in [6, 6.07) is 15.6. The fourth-order valence-electron chi connectivity index (χ4n) is 1.85. The van der Waals surface area contributed by atoms with E-state index < -0.39 is 0 Å². The molecule has 0 unspecified atom stereocenters. The maximum absolute atomic E-state index is 11.6. The first-order valence-corrected chi connectivity index (χ1v) is 7.19. The lowest BCUT2D eigenvalue weighted by atomic mass is 10.1. The number of rotatable bonds is 5. The van der Waals surface area contributed by atoms with Crippen LogP contribution in [0.25, 0.3) is 0 Å². The first-order chi connectivity index (χ1) is 9.20. The standard InChI is InChI=1S/C16H15BrO2/c1-12-9-14(7-8-15(12)16(18)10-17)19-11-13-5-3-2-4-6-13/h2-9H,10-11H2,1H3. The summed E-state index contributed by atoms with van der Waals surface area (Å²) in [5, 5.41) is 0.345. The quantitative estimate of drug-likeness (QED) is 0.611. The Hall–Kier alpha value is -1.61. The molecule has 0 aliphatic carbocycles. The van der Waals surface area contributed by atoms with Gasteiger partial charge in [0.25, 0.3) is 0 Å². The molecule has 19 heavy (non-hydrogen) atoms. The van der Waals surface area contributed by atoms with Gasteiger partial charge in [-0.15, -0.1) is 0 Å². The largest absolute Gasteiger partial charge is 0.489 e. The Kier molecular flexibility index (Phi) is 4.74. The van der Waals surface area contributed by atoms with Gasteiger partial charge in [-0.05, 0) is 36.2 Å². The van der Waals surface area contributed by atoms with Gasteiger partial charge in [0, 0.05) is 5.56 Å². The summed E-state index contributed by atoms with van der Waals surface area (Å²) in [5.74, 6) is 0.875. The number of hydrogen-bond acceptors (Lipinski definition) is 2. The number of ketones is 1. The highest BCUT2D eigenvalue weighted by molar-refractivity contribution is 9.09. The van der Waals surface area contributed by atoms with E-state index in [4.69, 9.17) is 4.74 Å². The molecule has 2 rings (SSSR count). The summed E-state index contributed by atoms with van der Waals surface area (Å²) < 4.78 is 5.72. The molecule has 0 radical (unpaired) electrons. The zero-order valence-corrected chi connectivity index (χ0v) is 12.3. The van der Waals surface area contributed by atoms with Crippen LogP contribution in [0.15, 0.2) is 48.5 Å². The molecule has 98 valence electrons. The van der Waals surface area contributed by atoms with Crippen LogP contribution in [0.2, 0.25) is 0 Å². The monoisotopic (exact) mass is 318 g/mol. The number of benzene rings is 2. The van der Waals surface area contributed by atoms with Crippen LogP contribution in [0.1, 0.15) is 21.5 Å². The summed E-state index contributed by atoms with van der Waals surface area (Å²) in [6.45, 7) is 2.46. The summed E-state index contributed by atoms with van der Waals surface area (Å²) in [6.07, 6.45) is 0. The van der Waals surface area contributed by atoms with Crippen LogP contribution in [-0.4, -0.2) is 11.1 Å². The van der Waals surface area contributed by atoms with Crippen LogP contribution in [0.4, 0.5) is 0 Å². The van der Waals surface area contributed by atoms with Crippen LogP contribution in [0, 0.1) is 6.92 Å². The van der Waals surface area contributed by atoms with Gasteiger partial charge in [0.05, 0.1) is 5.33 Å². The maximum atomic E-state index is 11.6. The third-order valence-electron chi connectivity index (χ3n) is 2.87. The number of carbonyl (C=O) groups is 1. The molecule has 0 saturated carbocycles. The van der Waals surface area contributed by atoms with Crippen LogP contribution in [0.5, 0.6) is 5.75 Å². The van der Waals surface area contributed by atoms with E-state index in [1.54, 1.807) is 0 Å². The fourth-order valence-corrected chi connectivity index (χ4v) is 2.15. The number of halogens is 1. The number of carbonyl (C=O) groups excluding carboxylic acids is 1. The summed E-state index contributed by atoms with van der Waals surface area (Å²) in [7, 11) is 0. The number of alkyl halides is 1. The van der Waals surface area contributed by atoms with Gasteiger partial charge in [-0.1, -0.05) is 46.3 Å². The minimum atomic E-state index is 0.0899. The topological polar surface area (TPSA) is 26.3 Å². The van der Waals surface area contributed by atoms with Crippen LogP contribution >= 0.6 is 15.9 Å². The number of aryl methyl sites for hydroxylation is 1. The highest BCUT2D eigenvalue weighted by atomic mass is 79.9. The predicted octanol–water partition coefficient (Wildman–Crippen LogP) is 4.15. The van der Waals surface area contributed by atoms with Crippen molar-refractivity contribution in [3.8, 4) is 5.75 Å². The van der Waals surface area contributed by atoms with Gasteiger partial charge in [-0.2, -0.15) is 0 Å². The Morgan fingerprint density at radius 2 is 1.89 bits per heavy atom. The second-order valence-corrected chi connectivity index (χ2v) is 4.87. The SMILES string of the molecule is Cc1cc(OCc2ccccc2)ccc1C(=O)CBr. The van der Waals surface area contributed by atoms with Crippen molar-refractivity contribution in [1.29, 1.82) is 0 Å². The molecular weight excluding hydrogens is 304 g/mol. The lowest BCUT2D eigenvalue weighted by molar-refractivity contribution is 0.102. The molecule has 2 aromatic carbocycles. The van der Waals surface area contributed by atoms with Crippen molar-refractivity contribution in [3.63, 3.8) is 0 Å². The maximum Gasteiger partial charge on any atom is 0.173 e. The molecule has 0 heterocycles. The number of hydrogen-bond donors (Lipinski definition) is 0. The van der Waals surface area contributed by atoms with E-state index in [-0.39, 0.29) is 5.78 Å². The van der Waals surface area contributed by atoms with Gasteiger partial charge < -0.3 is 4.74 Å². The Morgan fingerprint density at radius 3 is 2.53 bits per heavy atom. The smallest absolute Gasteiger partial charge is 0.173 e. The van der Waals surface area contributed by atoms with Crippen LogP contribution in [-0.2, 0) is 6.61 Å². The Balaban J connectivity index is 2.06. The summed E-state index contributed by atoms with van der Waals surface area (Å²) in [5.41, 5.74) is 2.81. The Morgan fingerprint density at radius 1 is 1.16 bits per heavy atom. The first-order valence-electron chi connectivity index (χ1n) is 6.07. The molecule has 0 N–H and O–H groups in total. The van der Waals surface area contributed by atoms with Crippen LogP contribution < -0.4 is 4.74 Å². The molecule has 2 nitrogen and oxygen atoms in total. The van der Waals surface area contributed by atoms with Crippen molar-refractivity contribution in [2.24, 2.45) is 0 Å². The van der Waals surface area contributed by atoms with E-state index in [0.717, 1.165) is 22.4 Å². The molecule has 0 fully saturated rings. The van der Waals surface area contributed by atoms with E-state index in [9.17, 15) is 4.79 Å². The lowest BCUT2D eigenvalue weighted by Crippen LogP contribution is -2.03. The highest BCUT2D eigenvalue weighted by Gasteiger charge is 2.08. The van der Waals surface area contributed by atoms with Crippen molar-refractivity contribution in [3.05, 3.63) is 65.2 Å². The van der Waals surface area contributed by atoms with E-state index >= 15 is 0 Å². The van der Waals surface area contributed by atoms with E-state index in [1.807, 2.05) is 55.5 Å². The van der Waals surface area contributed by atoms with E-state index in [0.29, 0.717) is 11.9 Å². The van der Waals surface area contributed by atoms with E-state index in [1.165, 1.54) is 0 Å². The van der Waals surface area contributed by atoms with Crippen molar-refractivity contribution in [2.45, 2.75) is 13.5 Å². The van der Waals surface area contributed by atoms with E-state index in [2.05, 4.69) is 15.9 Å². The molecule has 3 heteroatoms. The Labute approximate surface area is 121 Å². The minimum absolute atomic E-state index is 0.0899. The average Bonchev–Trinajstić information content (AvgIpc) is 2.45. The fraction of sp³-hybridized carbons (Fsp3) is 0.188. The molecule has 2 aromatic rings. The molecule has 0 bridgehead atoms. The second-order valence-electron chi connectivity index (χ2n) is 4.31. The molecule has 0 aromatic heterocycles. The molecule has 0 saturated heterocycles.